The van der Waals surface area contributed by atoms with E-state index in [4.69, 9.17) is 5.73 Å². The zero-order valence-electron chi connectivity index (χ0n) is 6.42. The maximum atomic E-state index is 5.62. The first-order valence-electron chi connectivity index (χ1n) is 3.54. The van der Waals surface area contributed by atoms with Crippen molar-refractivity contribution >= 4 is 15.9 Å². The van der Waals surface area contributed by atoms with Gasteiger partial charge in [-0.3, -0.25) is 0 Å². The predicted molar refractivity (Wildman–Crippen MR) is 49.3 cm³/mol. The summed E-state index contributed by atoms with van der Waals surface area (Å²) in [6.07, 6.45) is 2.73. The van der Waals surface area contributed by atoms with Gasteiger partial charge in [-0.2, -0.15) is 0 Å². The van der Waals surface area contributed by atoms with Crippen LogP contribution in [0.5, 0.6) is 0 Å². The third-order valence-electron chi connectivity index (χ3n) is 1.35. The standard InChI is InChI=1S/C8H11BrN2/c1-6(10)4-7-2-3-8(9)11-5-7/h2-3,5-6H,4,10H2,1H3/t6-/m0/s1. The minimum atomic E-state index is 0.206. The Morgan fingerprint density at radius 1 is 1.64 bits per heavy atom. The second kappa shape index (κ2) is 3.83. The van der Waals surface area contributed by atoms with Crippen molar-refractivity contribution in [2.24, 2.45) is 5.73 Å². The van der Waals surface area contributed by atoms with Crippen molar-refractivity contribution in [3.63, 3.8) is 0 Å². The molecule has 1 heterocycles. The number of pyridine rings is 1. The van der Waals surface area contributed by atoms with Crippen LogP contribution < -0.4 is 5.73 Å². The van der Waals surface area contributed by atoms with Crippen LogP contribution in [0.2, 0.25) is 0 Å². The van der Waals surface area contributed by atoms with Gasteiger partial charge in [-0.15, -0.1) is 0 Å². The second-order valence-corrected chi connectivity index (χ2v) is 3.48. The maximum absolute atomic E-state index is 5.62. The number of hydrogen-bond donors (Lipinski definition) is 1. The highest BCUT2D eigenvalue weighted by Gasteiger charge is 1.97. The molecule has 0 aliphatic heterocycles. The van der Waals surface area contributed by atoms with Gasteiger partial charge < -0.3 is 5.73 Å². The number of nitrogens with two attached hydrogens (primary N) is 1. The van der Waals surface area contributed by atoms with E-state index in [1.807, 2.05) is 25.3 Å². The van der Waals surface area contributed by atoms with Gasteiger partial charge >= 0.3 is 0 Å². The van der Waals surface area contributed by atoms with Crippen molar-refractivity contribution < 1.29 is 0 Å². The largest absolute Gasteiger partial charge is 0.328 e. The van der Waals surface area contributed by atoms with Crippen molar-refractivity contribution in [1.82, 2.24) is 4.98 Å². The molecular weight excluding hydrogens is 204 g/mol. The fourth-order valence-corrected chi connectivity index (χ4v) is 1.13. The first-order chi connectivity index (χ1) is 5.18. The van der Waals surface area contributed by atoms with Crippen LogP contribution in [0.1, 0.15) is 12.5 Å². The van der Waals surface area contributed by atoms with Gasteiger partial charge in [0.2, 0.25) is 0 Å². The third kappa shape index (κ3) is 2.99. The summed E-state index contributed by atoms with van der Waals surface area (Å²) in [6, 6.07) is 4.16. The molecule has 0 spiro atoms. The zero-order valence-corrected chi connectivity index (χ0v) is 8.01. The molecule has 0 aliphatic rings. The molecule has 0 saturated heterocycles. The van der Waals surface area contributed by atoms with Crippen molar-refractivity contribution in [1.29, 1.82) is 0 Å². The average molecular weight is 215 g/mol. The third-order valence-corrected chi connectivity index (χ3v) is 1.82. The molecule has 0 unspecified atom stereocenters. The first kappa shape index (κ1) is 8.68. The zero-order chi connectivity index (χ0) is 8.27. The molecule has 0 bridgehead atoms. The normalized spacial score (nSPS) is 13.0. The van der Waals surface area contributed by atoms with Crippen LogP contribution in [0.4, 0.5) is 0 Å². The molecule has 0 amide bonds. The lowest BCUT2D eigenvalue weighted by atomic mass is 10.1. The van der Waals surface area contributed by atoms with Gasteiger partial charge in [-0.05, 0) is 40.9 Å². The lowest BCUT2D eigenvalue weighted by Crippen LogP contribution is -2.17. The summed E-state index contributed by atoms with van der Waals surface area (Å²) in [6.45, 7) is 1.99. The van der Waals surface area contributed by atoms with Crippen LogP contribution >= 0.6 is 15.9 Å². The quantitative estimate of drug-likeness (QED) is 0.763. The second-order valence-electron chi connectivity index (χ2n) is 2.67. The molecule has 2 nitrogen and oxygen atoms in total. The average Bonchev–Trinajstić information content (AvgIpc) is 1.93. The van der Waals surface area contributed by atoms with E-state index in [0.717, 1.165) is 11.0 Å². The Hall–Kier alpha value is -0.410. The molecule has 1 rings (SSSR count). The van der Waals surface area contributed by atoms with Crippen LogP contribution in [0.25, 0.3) is 0 Å². The molecule has 1 aromatic rings. The van der Waals surface area contributed by atoms with Crippen LogP contribution in [-0.4, -0.2) is 11.0 Å². The van der Waals surface area contributed by atoms with Gasteiger partial charge in [0, 0.05) is 12.2 Å². The summed E-state index contributed by atoms with van der Waals surface area (Å²) < 4.78 is 0.867. The number of halogens is 1. The first-order valence-corrected chi connectivity index (χ1v) is 4.34. The summed E-state index contributed by atoms with van der Waals surface area (Å²) in [7, 11) is 0. The number of hydrogen-bond acceptors (Lipinski definition) is 2. The molecule has 1 atom stereocenters. The number of rotatable bonds is 2. The smallest absolute Gasteiger partial charge is 0.106 e. The van der Waals surface area contributed by atoms with Crippen molar-refractivity contribution in [2.45, 2.75) is 19.4 Å². The van der Waals surface area contributed by atoms with Gasteiger partial charge in [0.1, 0.15) is 4.60 Å². The molecule has 60 valence electrons. The highest BCUT2D eigenvalue weighted by molar-refractivity contribution is 9.10. The fraction of sp³-hybridized carbons (Fsp3) is 0.375. The molecule has 2 N–H and O–H groups in total. The molecule has 1 aromatic heterocycles. The van der Waals surface area contributed by atoms with Crippen LogP contribution in [0.3, 0.4) is 0 Å². The van der Waals surface area contributed by atoms with E-state index in [-0.39, 0.29) is 6.04 Å². The van der Waals surface area contributed by atoms with E-state index in [0.29, 0.717) is 0 Å². The topological polar surface area (TPSA) is 38.9 Å². The number of aromatic nitrogens is 1. The summed E-state index contributed by atoms with van der Waals surface area (Å²) in [5.41, 5.74) is 6.81. The van der Waals surface area contributed by atoms with Crippen molar-refractivity contribution in [3.05, 3.63) is 28.5 Å². The lowest BCUT2D eigenvalue weighted by molar-refractivity contribution is 0.735. The van der Waals surface area contributed by atoms with Crippen LogP contribution in [0.15, 0.2) is 22.9 Å². The van der Waals surface area contributed by atoms with Crippen molar-refractivity contribution in [3.8, 4) is 0 Å². The Kier molecular flexibility index (Phi) is 3.02. The Balaban J connectivity index is 2.66. The van der Waals surface area contributed by atoms with E-state index in [1.54, 1.807) is 0 Å². The monoisotopic (exact) mass is 214 g/mol. The molecule has 0 aliphatic carbocycles. The van der Waals surface area contributed by atoms with Crippen molar-refractivity contribution in [2.75, 3.05) is 0 Å². The minimum absolute atomic E-state index is 0.206. The van der Waals surface area contributed by atoms with Gasteiger partial charge in [-0.1, -0.05) is 6.07 Å². The van der Waals surface area contributed by atoms with Crippen LogP contribution in [-0.2, 0) is 6.42 Å². The lowest BCUT2D eigenvalue weighted by Gasteiger charge is -2.03. The molecular formula is C8H11BrN2. The maximum Gasteiger partial charge on any atom is 0.106 e. The van der Waals surface area contributed by atoms with E-state index >= 15 is 0 Å². The van der Waals surface area contributed by atoms with E-state index in [1.165, 1.54) is 5.56 Å². The predicted octanol–water partition coefficient (Wildman–Crippen LogP) is 1.73. The minimum Gasteiger partial charge on any atom is -0.328 e. The highest BCUT2D eigenvalue weighted by atomic mass is 79.9. The van der Waals surface area contributed by atoms with Crippen LogP contribution in [0, 0.1) is 0 Å². The summed E-state index contributed by atoms with van der Waals surface area (Å²) in [5, 5.41) is 0. The summed E-state index contributed by atoms with van der Waals surface area (Å²) >= 11 is 3.27. The Morgan fingerprint density at radius 3 is 2.82 bits per heavy atom. The molecule has 0 saturated carbocycles. The van der Waals surface area contributed by atoms with Gasteiger partial charge in [0.25, 0.3) is 0 Å². The molecule has 0 radical (unpaired) electrons. The SMILES string of the molecule is C[C@H](N)Cc1ccc(Br)nc1. The van der Waals surface area contributed by atoms with E-state index in [2.05, 4.69) is 20.9 Å². The Labute approximate surface area is 75.0 Å². The fourth-order valence-electron chi connectivity index (χ4n) is 0.899. The molecule has 0 aromatic carbocycles. The summed E-state index contributed by atoms with van der Waals surface area (Å²) in [4.78, 5) is 4.09. The molecule has 3 heteroatoms. The van der Waals surface area contributed by atoms with Gasteiger partial charge in [0.15, 0.2) is 0 Å². The summed E-state index contributed by atoms with van der Waals surface area (Å²) in [5.74, 6) is 0. The number of nitrogens with zero attached hydrogens (tertiary/aromatic N) is 1. The Bertz CT molecular complexity index is 218. The van der Waals surface area contributed by atoms with E-state index < -0.39 is 0 Å². The highest BCUT2D eigenvalue weighted by Crippen LogP contribution is 2.07. The van der Waals surface area contributed by atoms with Gasteiger partial charge in [-0.25, -0.2) is 4.98 Å². The van der Waals surface area contributed by atoms with E-state index in [9.17, 15) is 0 Å². The Morgan fingerprint density at radius 2 is 2.36 bits per heavy atom. The molecule has 0 fully saturated rings. The molecule has 11 heavy (non-hydrogen) atoms. The van der Waals surface area contributed by atoms with Gasteiger partial charge in [0.05, 0.1) is 0 Å².